The number of fused-ring (bicyclic) bond motifs is 2. The second-order valence-corrected chi connectivity index (χ2v) is 9.11. The monoisotopic (exact) mass is 482 g/mol. The fraction of sp³-hybridized carbons (Fsp3) is 0.500. The molecule has 3 aliphatic rings. The maximum absolute atomic E-state index is 13.2. The van der Waals surface area contributed by atoms with Crippen LogP contribution >= 0.6 is 0 Å². The van der Waals surface area contributed by atoms with Crippen molar-refractivity contribution in [2.45, 2.75) is 44.4 Å². The summed E-state index contributed by atoms with van der Waals surface area (Å²) < 4.78 is 5.39. The number of nitrogens with zero attached hydrogens (tertiary/aromatic N) is 4. The van der Waals surface area contributed by atoms with Crippen LogP contribution in [0.1, 0.15) is 42.1 Å². The number of amides is 2. The van der Waals surface area contributed by atoms with E-state index in [-0.39, 0.29) is 19.1 Å². The maximum atomic E-state index is 13.2. The van der Waals surface area contributed by atoms with Crippen molar-refractivity contribution in [2.24, 2.45) is 0 Å². The number of urea groups is 1. The predicted molar refractivity (Wildman–Crippen MR) is 127 cm³/mol. The first-order valence-corrected chi connectivity index (χ1v) is 12.1. The van der Waals surface area contributed by atoms with Crippen LogP contribution in [0.2, 0.25) is 0 Å². The molecule has 1 unspecified atom stereocenters. The summed E-state index contributed by atoms with van der Waals surface area (Å²) in [5.74, 6) is 0.309. The first kappa shape index (κ1) is 23.2. The van der Waals surface area contributed by atoms with Crippen molar-refractivity contribution < 1.29 is 24.5 Å². The number of carboxylic acids is 1. The van der Waals surface area contributed by atoms with E-state index in [1.807, 2.05) is 0 Å². The lowest BCUT2D eigenvalue weighted by Crippen LogP contribution is -2.36. The number of aryl methyl sites for hydroxylation is 2. The van der Waals surface area contributed by atoms with E-state index < -0.39 is 18.2 Å². The molecule has 2 aromatic rings. The highest BCUT2D eigenvalue weighted by Crippen LogP contribution is 2.34. The first-order chi connectivity index (χ1) is 17.0. The number of nitrogens with one attached hydrogen (secondary N) is 2. The minimum absolute atomic E-state index is 0.0783. The number of hydrogen-bond acceptors (Lipinski definition) is 8. The van der Waals surface area contributed by atoms with Gasteiger partial charge in [0.15, 0.2) is 6.23 Å². The summed E-state index contributed by atoms with van der Waals surface area (Å²) in [7, 11) is 0. The second kappa shape index (κ2) is 9.95. The topological polar surface area (TPSA) is 140 Å². The SMILES string of the molecule is O=C(O)C[C@@H](c1cnc2c(c1)NC(O)CO2)N1CCN(CCCc2ccc3c(n2)NCCC3)C1=O. The molecule has 5 heterocycles. The van der Waals surface area contributed by atoms with E-state index in [4.69, 9.17) is 9.72 Å². The van der Waals surface area contributed by atoms with Crippen LogP contribution in [0.3, 0.4) is 0 Å². The molecule has 0 aliphatic carbocycles. The van der Waals surface area contributed by atoms with E-state index >= 15 is 0 Å². The van der Waals surface area contributed by atoms with E-state index in [1.54, 1.807) is 15.9 Å². The Morgan fingerprint density at radius 1 is 1.31 bits per heavy atom. The van der Waals surface area contributed by atoms with Gasteiger partial charge in [0, 0.05) is 38.1 Å². The van der Waals surface area contributed by atoms with E-state index in [2.05, 4.69) is 27.8 Å². The molecule has 5 rings (SSSR count). The number of aliphatic carboxylic acids is 1. The Bertz CT molecular complexity index is 1110. The quantitative estimate of drug-likeness (QED) is 0.444. The van der Waals surface area contributed by atoms with Gasteiger partial charge in [0.05, 0.1) is 18.2 Å². The number of aliphatic hydroxyl groups is 1. The molecule has 1 fully saturated rings. The highest BCUT2D eigenvalue weighted by Gasteiger charge is 2.36. The van der Waals surface area contributed by atoms with Gasteiger partial charge >= 0.3 is 12.0 Å². The number of rotatable bonds is 8. The zero-order valence-electron chi connectivity index (χ0n) is 19.4. The number of pyridine rings is 2. The molecular formula is C24H30N6O5. The van der Waals surface area contributed by atoms with E-state index in [0.717, 1.165) is 43.7 Å². The van der Waals surface area contributed by atoms with Crippen LogP contribution in [0.5, 0.6) is 5.88 Å². The van der Waals surface area contributed by atoms with Crippen LogP contribution in [0, 0.1) is 0 Å². The number of hydrogen-bond donors (Lipinski definition) is 4. The Labute approximate surface area is 203 Å². The molecule has 2 amide bonds. The number of ether oxygens (including phenoxy) is 1. The Hall–Kier alpha value is -3.60. The highest BCUT2D eigenvalue weighted by molar-refractivity contribution is 5.78. The number of carbonyl (C=O) groups excluding carboxylic acids is 1. The largest absolute Gasteiger partial charge is 0.481 e. The molecule has 3 aliphatic heterocycles. The summed E-state index contributed by atoms with van der Waals surface area (Å²) in [6, 6.07) is 5.04. The summed E-state index contributed by atoms with van der Waals surface area (Å²) in [4.78, 5) is 37.2. The molecule has 1 saturated heterocycles. The third kappa shape index (κ3) is 5.09. The minimum atomic E-state index is -1.00. The maximum Gasteiger partial charge on any atom is 0.320 e. The van der Waals surface area contributed by atoms with Crippen LogP contribution < -0.4 is 15.4 Å². The molecule has 0 aromatic carbocycles. The minimum Gasteiger partial charge on any atom is -0.481 e. The van der Waals surface area contributed by atoms with Gasteiger partial charge in [-0.2, -0.15) is 0 Å². The Kier molecular flexibility index (Phi) is 6.58. The Balaban J connectivity index is 1.23. The standard InChI is InChI=1S/C24H30N6O5/c31-20-14-35-23-18(28-20)11-16(13-26-23)19(12-21(32)33)30-10-9-29(24(30)34)8-2-4-17-6-5-15-3-1-7-25-22(15)27-17/h5-6,11,13,19-20,28,31H,1-4,7-10,12,14H2,(H,25,27)(H,32,33)/t19-,20?/m0/s1. The van der Waals surface area contributed by atoms with Crippen LogP contribution in [0.4, 0.5) is 16.3 Å². The van der Waals surface area contributed by atoms with Crippen molar-refractivity contribution in [1.29, 1.82) is 0 Å². The van der Waals surface area contributed by atoms with Crippen molar-refractivity contribution in [1.82, 2.24) is 19.8 Å². The molecular weight excluding hydrogens is 452 g/mol. The van der Waals surface area contributed by atoms with E-state index in [9.17, 15) is 19.8 Å². The lowest BCUT2D eigenvalue weighted by Gasteiger charge is -2.29. The zero-order chi connectivity index (χ0) is 24.4. The second-order valence-electron chi connectivity index (χ2n) is 9.11. The van der Waals surface area contributed by atoms with Crippen LogP contribution in [-0.4, -0.2) is 81.0 Å². The molecule has 0 spiro atoms. The number of aliphatic hydroxyl groups excluding tert-OH is 1. The van der Waals surface area contributed by atoms with Crippen molar-refractivity contribution in [3.63, 3.8) is 0 Å². The lowest BCUT2D eigenvalue weighted by molar-refractivity contribution is -0.138. The number of carboxylic acid groups (broad SMARTS) is 1. The normalized spacial score (nSPS) is 19.8. The first-order valence-electron chi connectivity index (χ1n) is 12.1. The van der Waals surface area contributed by atoms with Gasteiger partial charge in [0.2, 0.25) is 5.88 Å². The highest BCUT2D eigenvalue weighted by atomic mass is 16.5. The number of anilines is 2. The molecule has 11 nitrogen and oxygen atoms in total. The summed E-state index contributed by atoms with van der Waals surface area (Å²) in [6.45, 7) is 2.57. The molecule has 0 radical (unpaired) electrons. The number of aromatic nitrogens is 2. The molecule has 11 heteroatoms. The average Bonchev–Trinajstić information content (AvgIpc) is 3.21. The van der Waals surface area contributed by atoms with Crippen molar-refractivity contribution in [2.75, 3.05) is 43.4 Å². The van der Waals surface area contributed by atoms with Gasteiger partial charge in [-0.3, -0.25) is 4.79 Å². The van der Waals surface area contributed by atoms with E-state index in [1.165, 1.54) is 11.8 Å². The Morgan fingerprint density at radius 2 is 2.20 bits per heavy atom. The summed E-state index contributed by atoms with van der Waals surface area (Å²) in [5, 5.41) is 25.6. The van der Waals surface area contributed by atoms with Crippen molar-refractivity contribution >= 4 is 23.5 Å². The van der Waals surface area contributed by atoms with Crippen LogP contribution in [0.25, 0.3) is 0 Å². The fourth-order valence-electron chi connectivity index (χ4n) is 4.88. The van der Waals surface area contributed by atoms with Gasteiger partial charge in [0.1, 0.15) is 12.4 Å². The lowest BCUT2D eigenvalue weighted by atomic mass is 10.0. The zero-order valence-corrected chi connectivity index (χ0v) is 19.4. The summed E-state index contributed by atoms with van der Waals surface area (Å²) in [6.07, 6.45) is 4.14. The fourth-order valence-corrected chi connectivity index (χ4v) is 4.88. The summed E-state index contributed by atoms with van der Waals surface area (Å²) >= 11 is 0. The van der Waals surface area contributed by atoms with Gasteiger partial charge in [-0.15, -0.1) is 0 Å². The van der Waals surface area contributed by atoms with Crippen LogP contribution in [0.15, 0.2) is 24.4 Å². The average molecular weight is 483 g/mol. The van der Waals surface area contributed by atoms with E-state index in [0.29, 0.717) is 36.8 Å². The molecule has 2 aromatic heterocycles. The Morgan fingerprint density at radius 3 is 3.06 bits per heavy atom. The predicted octanol–water partition coefficient (Wildman–Crippen LogP) is 1.84. The third-order valence-corrected chi connectivity index (χ3v) is 6.64. The van der Waals surface area contributed by atoms with Gasteiger partial charge in [-0.05, 0) is 48.9 Å². The third-order valence-electron chi connectivity index (χ3n) is 6.64. The molecule has 0 saturated carbocycles. The summed E-state index contributed by atoms with van der Waals surface area (Å²) in [5.41, 5.74) is 3.31. The molecule has 186 valence electrons. The smallest absolute Gasteiger partial charge is 0.320 e. The van der Waals surface area contributed by atoms with Gasteiger partial charge in [-0.1, -0.05) is 6.07 Å². The van der Waals surface area contributed by atoms with Crippen LogP contribution in [-0.2, 0) is 17.6 Å². The number of carbonyl (C=O) groups is 2. The molecule has 35 heavy (non-hydrogen) atoms. The van der Waals surface area contributed by atoms with Gasteiger partial charge < -0.3 is 35.4 Å². The van der Waals surface area contributed by atoms with Gasteiger partial charge in [0.25, 0.3) is 0 Å². The van der Waals surface area contributed by atoms with Crippen molar-refractivity contribution in [3.8, 4) is 5.88 Å². The van der Waals surface area contributed by atoms with Crippen molar-refractivity contribution in [3.05, 3.63) is 41.2 Å². The molecule has 0 bridgehead atoms. The molecule has 4 N–H and O–H groups in total. The van der Waals surface area contributed by atoms with Gasteiger partial charge in [-0.25, -0.2) is 14.8 Å². The molecule has 2 atom stereocenters.